The van der Waals surface area contributed by atoms with Gasteiger partial charge < -0.3 is 10.1 Å². The first-order valence-corrected chi connectivity index (χ1v) is 12.0. The fraction of sp³-hybridized carbons (Fsp3) is 0.185. The summed E-state index contributed by atoms with van der Waals surface area (Å²) >= 11 is 1.72. The van der Waals surface area contributed by atoms with Crippen LogP contribution in [-0.2, 0) is 12.4 Å². The second kappa shape index (κ2) is 11.5. The monoisotopic (exact) mass is 456 g/mol. The van der Waals surface area contributed by atoms with Gasteiger partial charge in [0.05, 0.1) is 5.69 Å². The van der Waals surface area contributed by atoms with E-state index in [0.29, 0.717) is 12.6 Å². The molecule has 0 aliphatic carbocycles. The Balaban J connectivity index is 1.43. The van der Waals surface area contributed by atoms with Gasteiger partial charge in [0.15, 0.2) is 0 Å². The number of aromatic nitrogens is 2. The van der Waals surface area contributed by atoms with E-state index in [1.54, 1.807) is 18.3 Å². The molecule has 0 aliphatic heterocycles. The van der Waals surface area contributed by atoms with Crippen LogP contribution in [0, 0.1) is 0 Å². The van der Waals surface area contributed by atoms with Gasteiger partial charge in [0.1, 0.15) is 24.5 Å². The van der Waals surface area contributed by atoms with E-state index >= 15 is 0 Å². The van der Waals surface area contributed by atoms with E-state index in [-0.39, 0.29) is 0 Å². The number of nitrogens with zero attached hydrogens (tertiary/aromatic N) is 2. The number of rotatable bonds is 10. The molecule has 0 unspecified atom stereocenters. The van der Waals surface area contributed by atoms with Crippen molar-refractivity contribution in [2.75, 3.05) is 5.32 Å². The number of hydrogen-bond donors (Lipinski definition) is 2. The molecule has 33 heavy (non-hydrogen) atoms. The Kier molecular flexibility index (Phi) is 7.95. The summed E-state index contributed by atoms with van der Waals surface area (Å²) in [5, 5.41) is 3.40. The number of hydrogen-bond acceptors (Lipinski definition) is 6. The van der Waals surface area contributed by atoms with Crippen LogP contribution in [-0.4, -0.2) is 16.0 Å². The minimum absolute atomic E-state index is 0.456. The highest BCUT2D eigenvalue weighted by Crippen LogP contribution is 2.25. The van der Waals surface area contributed by atoms with Crippen LogP contribution in [0.1, 0.15) is 25.0 Å². The molecule has 5 nitrogen and oxygen atoms in total. The molecule has 0 fully saturated rings. The quantitative estimate of drug-likeness (QED) is 0.262. The molecular formula is C27H28N4OS. The van der Waals surface area contributed by atoms with Crippen molar-refractivity contribution in [3.05, 3.63) is 102 Å². The highest BCUT2D eigenvalue weighted by Gasteiger charge is 2.06. The molecule has 3 aromatic carbocycles. The van der Waals surface area contributed by atoms with Crippen LogP contribution in [0.3, 0.4) is 0 Å². The van der Waals surface area contributed by atoms with Gasteiger partial charge in [0.25, 0.3) is 0 Å². The molecule has 6 heteroatoms. The number of benzene rings is 3. The molecule has 0 bridgehead atoms. The summed E-state index contributed by atoms with van der Waals surface area (Å²) in [5.74, 6) is 2.46. The SMILES string of the molecule is CC(C)NSCc1cccc(Nc2cc(-c3cccc(OCc4ccccc4)c3)ncn2)c1. The van der Waals surface area contributed by atoms with Gasteiger partial charge >= 0.3 is 0 Å². The second-order valence-corrected chi connectivity index (χ2v) is 8.79. The molecule has 4 aromatic rings. The third-order valence-corrected chi connectivity index (χ3v) is 5.92. The molecule has 0 radical (unpaired) electrons. The molecular weight excluding hydrogens is 428 g/mol. The Hall–Kier alpha value is -3.35. The van der Waals surface area contributed by atoms with E-state index in [4.69, 9.17) is 4.74 Å². The first kappa shape index (κ1) is 22.8. The smallest absolute Gasteiger partial charge is 0.134 e. The Bertz CT molecular complexity index is 1170. The maximum atomic E-state index is 5.97. The maximum Gasteiger partial charge on any atom is 0.134 e. The van der Waals surface area contributed by atoms with Crippen molar-refractivity contribution in [1.82, 2.24) is 14.7 Å². The molecule has 0 amide bonds. The van der Waals surface area contributed by atoms with Crippen molar-refractivity contribution in [2.24, 2.45) is 0 Å². The predicted molar refractivity (Wildman–Crippen MR) is 138 cm³/mol. The third kappa shape index (κ3) is 7.07. The fourth-order valence-corrected chi connectivity index (χ4v) is 4.01. The summed E-state index contributed by atoms with van der Waals surface area (Å²) in [6, 6.07) is 28.9. The third-order valence-electron chi connectivity index (χ3n) is 4.80. The molecule has 4 rings (SSSR count). The lowest BCUT2D eigenvalue weighted by Gasteiger charge is -2.11. The molecule has 0 saturated heterocycles. The standard InChI is InChI=1S/C27H28N4OS/c1-20(2)31-33-18-22-10-6-12-24(14-22)30-27-16-26(28-19-29-27)23-11-7-13-25(15-23)32-17-21-8-4-3-5-9-21/h3-16,19-20,31H,17-18H2,1-2H3,(H,28,29,30). The first-order chi connectivity index (χ1) is 16.2. The van der Waals surface area contributed by atoms with Gasteiger partial charge in [-0.3, -0.25) is 4.72 Å². The van der Waals surface area contributed by atoms with Gasteiger partial charge in [-0.2, -0.15) is 0 Å². The lowest BCUT2D eigenvalue weighted by Crippen LogP contribution is -2.14. The topological polar surface area (TPSA) is 59.1 Å². The normalized spacial score (nSPS) is 10.9. The summed E-state index contributed by atoms with van der Waals surface area (Å²) in [6.07, 6.45) is 1.58. The van der Waals surface area contributed by atoms with Crippen molar-refractivity contribution >= 4 is 23.5 Å². The van der Waals surface area contributed by atoms with Gasteiger partial charge in [-0.25, -0.2) is 9.97 Å². The zero-order chi connectivity index (χ0) is 22.9. The van der Waals surface area contributed by atoms with Crippen LogP contribution in [0.25, 0.3) is 11.3 Å². The van der Waals surface area contributed by atoms with Gasteiger partial charge in [0, 0.05) is 29.1 Å². The molecule has 168 valence electrons. The summed E-state index contributed by atoms with van der Waals surface area (Å²) < 4.78 is 9.35. The van der Waals surface area contributed by atoms with Gasteiger partial charge in [-0.05, 0) is 49.2 Å². The van der Waals surface area contributed by atoms with Crippen LogP contribution >= 0.6 is 11.9 Å². The summed E-state index contributed by atoms with van der Waals surface area (Å²) in [7, 11) is 0. The van der Waals surface area contributed by atoms with E-state index in [1.807, 2.05) is 54.6 Å². The fourth-order valence-electron chi connectivity index (χ4n) is 3.25. The van der Waals surface area contributed by atoms with Crippen molar-refractivity contribution in [3.63, 3.8) is 0 Å². The molecule has 1 aromatic heterocycles. The van der Waals surface area contributed by atoms with E-state index in [9.17, 15) is 0 Å². The second-order valence-electron chi connectivity index (χ2n) is 7.98. The van der Waals surface area contributed by atoms with Crippen molar-refractivity contribution in [2.45, 2.75) is 32.2 Å². The highest BCUT2D eigenvalue weighted by molar-refractivity contribution is 7.96. The Labute approximate surface area is 199 Å². The zero-order valence-electron chi connectivity index (χ0n) is 18.9. The average Bonchev–Trinajstić information content (AvgIpc) is 2.84. The molecule has 0 aliphatic rings. The highest BCUT2D eigenvalue weighted by atomic mass is 32.2. The Morgan fingerprint density at radius 3 is 2.52 bits per heavy atom. The summed E-state index contributed by atoms with van der Waals surface area (Å²) in [6.45, 7) is 4.81. The minimum atomic E-state index is 0.456. The van der Waals surface area contributed by atoms with Crippen molar-refractivity contribution in [3.8, 4) is 17.0 Å². The summed E-state index contributed by atoms with van der Waals surface area (Å²) in [5.41, 5.74) is 5.21. The maximum absolute atomic E-state index is 5.97. The Morgan fingerprint density at radius 1 is 0.848 bits per heavy atom. The lowest BCUT2D eigenvalue weighted by atomic mass is 10.1. The van der Waals surface area contributed by atoms with Crippen LogP contribution in [0.5, 0.6) is 5.75 Å². The van der Waals surface area contributed by atoms with Gasteiger partial charge in [-0.1, -0.05) is 66.5 Å². The van der Waals surface area contributed by atoms with Gasteiger partial charge in [0.2, 0.25) is 0 Å². The molecule has 0 spiro atoms. The van der Waals surface area contributed by atoms with E-state index in [2.05, 4.69) is 64.2 Å². The molecule has 0 saturated carbocycles. The van der Waals surface area contributed by atoms with Gasteiger partial charge in [-0.15, -0.1) is 0 Å². The van der Waals surface area contributed by atoms with E-state index in [1.165, 1.54) is 5.56 Å². The van der Waals surface area contributed by atoms with Crippen LogP contribution in [0.15, 0.2) is 91.3 Å². The molecule has 0 atom stereocenters. The lowest BCUT2D eigenvalue weighted by molar-refractivity contribution is 0.306. The first-order valence-electron chi connectivity index (χ1n) is 11.0. The van der Waals surface area contributed by atoms with Crippen LogP contribution in [0.2, 0.25) is 0 Å². The van der Waals surface area contributed by atoms with Crippen molar-refractivity contribution < 1.29 is 4.74 Å². The minimum Gasteiger partial charge on any atom is -0.489 e. The predicted octanol–water partition coefficient (Wildman–Crippen LogP) is 6.61. The van der Waals surface area contributed by atoms with Crippen molar-refractivity contribution in [1.29, 1.82) is 0 Å². The Morgan fingerprint density at radius 2 is 1.67 bits per heavy atom. The molecule has 2 N–H and O–H groups in total. The van der Waals surface area contributed by atoms with Crippen LogP contribution < -0.4 is 14.8 Å². The largest absolute Gasteiger partial charge is 0.489 e. The number of ether oxygens (including phenoxy) is 1. The molecule has 1 heterocycles. The van der Waals surface area contributed by atoms with Crippen LogP contribution in [0.4, 0.5) is 11.5 Å². The number of nitrogens with one attached hydrogen (secondary N) is 2. The van der Waals surface area contributed by atoms with E-state index in [0.717, 1.165) is 39.8 Å². The average molecular weight is 457 g/mol. The zero-order valence-corrected chi connectivity index (χ0v) is 19.7. The number of anilines is 2. The summed E-state index contributed by atoms with van der Waals surface area (Å²) in [4.78, 5) is 8.87. The van der Waals surface area contributed by atoms with E-state index < -0.39 is 0 Å².